The van der Waals surface area contributed by atoms with Crippen molar-refractivity contribution in [2.24, 2.45) is 5.92 Å². The molecule has 0 saturated heterocycles. The summed E-state index contributed by atoms with van der Waals surface area (Å²) in [6.07, 6.45) is 0.679. The van der Waals surface area contributed by atoms with Crippen LogP contribution in [-0.4, -0.2) is 34.1 Å². The fraction of sp³-hybridized carbons (Fsp3) is 0.444. The number of anilines is 1. The minimum absolute atomic E-state index is 0.138. The Kier molecular flexibility index (Phi) is 6.37. The van der Waals surface area contributed by atoms with Crippen molar-refractivity contribution in [1.82, 2.24) is 15.1 Å². The van der Waals surface area contributed by atoms with E-state index >= 15 is 0 Å². The van der Waals surface area contributed by atoms with Crippen LogP contribution in [0.4, 0.5) is 10.5 Å². The maximum atomic E-state index is 11.9. The number of benzene rings is 1. The lowest BCUT2D eigenvalue weighted by molar-refractivity contribution is 0.243. The molecule has 0 unspecified atom stereocenters. The second-order valence-corrected chi connectivity index (χ2v) is 6.24. The molecule has 1 atom stereocenters. The van der Waals surface area contributed by atoms with Gasteiger partial charge in [0.05, 0.1) is 12.2 Å². The molecule has 2 aromatic rings. The zero-order valence-electron chi connectivity index (χ0n) is 14.5. The molecule has 1 aromatic heterocycles. The van der Waals surface area contributed by atoms with Gasteiger partial charge in [0.15, 0.2) is 0 Å². The van der Waals surface area contributed by atoms with Crippen molar-refractivity contribution in [3.8, 4) is 0 Å². The van der Waals surface area contributed by atoms with E-state index in [4.69, 9.17) is 5.11 Å². The van der Waals surface area contributed by atoms with E-state index in [1.807, 2.05) is 55.8 Å². The molecule has 1 aromatic carbocycles. The van der Waals surface area contributed by atoms with Gasteiger partial charge in [-0.1, -0.05) is 19.1 Å². The zero-order valence-corrected chi connectivity index (χ0v) is 14.5. The van der Waals surface area contributed by atoms with Gasteiger partial charge < -0.3 is 15.7 Å². The normalized spacial score (nSPS) is 12.0. The van der Waals surface area contributed by atoms with E-state index in [0.29, 0.717) is 19.5 Å². The number of aliphatic hydroxyl groups excluding tert-OH is 1. The third-order valence-corrected chi connectivity index (χ3v) is 3.85. The van der Waals surface area contributed by atoms with Crippen LogP contribution >= 0.6 is 0 Å². The molecule has 0 aliphatic heterocycles. The number of nitrogens with one attached hydrogen (secondary N) is 2. The first kappa shape index (κ1) is 18.0. The van der Waals surface area contributed by atoms with Crippen molar-refractivity contribution < 1.29 is 9.90 Å². The molecule has 6 nitrogen and oxygen atoms in total. The Balaban J connectivity index is 1.92. The Morgan fingerprint density at radius 1 is 1.33 bits per heavy atom. The highest BCUT2D eigenvalue weighted by Gasteiger charge is 2.07. The molecule has 0 spiro atoms. The number of nitrogens with zero attached hydrogens (tertiary/aromatic N) is 2. The smallest absolute Gasteiger partial charge is 0.319 e. The molecule has 6 heteroatoms. The van der Waals surface area contributed by atoms with Gasteiger partial charge in [-0.15, -0.1) is 0 Å². The number of carbonyl (C=O) groups excluding carboxylic acids is 1. The van der Waals surface area contributed by atoms with Crippen molar-refractivity contribution in [3.05, 3.63) is 47.3 Å². The van der Waals surface area contributed by atoms with E-state index in [0.717, 1.165) is 22.6 Å². The fourth-order valence-electron chi connectivity index (χ4n) is 2.52. The third kappa shape index (κ3) is 5.38. The Morgan fingerprint density at radius 2 is 2.12 bits per heavy atom. The summed E-state index contributed by atoms with van der Waals surface area (Å²) in [5, 5.41) is 19.0. The number of aromatic nitrogens is 2. The highest BCUT2D eigenvalue weighted by Crippen LogP contribution is 2.13. The van der Waals surface area contributed by atoms with Crippen LogP contribution in [0.2, 0.25) is 0 Å². The first-order valence-electron chi connectivity index (χ1n) is 8.23. The van der Waals surface area contributed by atoms with E-state index < -0.39 is 0 Å². The molecule has 2 rings (SSSR count). The average molecular weight is 330 g/mol. The third-order valence-electron chi connectivity index (χ3n) is 3.85. The highest BCUT2D eigenvalue weighted by molar-refractivity contribution is 5.89. The molecule has 0 saturated carbocycles. The van der Waals surface area contributed by atoms with Crippen LogP contribution < -0.4 is 10.6 Å². The second-order valence-electron chi connectivity index (χ2n) is 6.24. The topological polar surface area (TPSA) is 79.2 Å². The number of rotatable bonds is 7. The molecular weight excluding hydrogens is 304 g/mol. The first-order valence-corrected chi connectivity index (χ1v) is 8.23. The molecule has 2 amide bonds. The molecule has 130 valence electrons. The van der Waals surface area contributed by atoms with Crippen LogP contribution in [0.1, 0.15) is 30.3 Å². The van der Waals surface area contributed by atoms with Gasteiger partial charge in [0.25, 0.3) is 0 Å². The van der Waals surface area contributed by atoms with Crippen molar-refractivity contribution in [2.75, 3.05) is 18.5 Å². The summed E-state index contributed by atoms with van der Waals surface area (Å²) >= 11 is 0. The molecule has 0 aliphatic rings. The van der Waals surface area contributed by atoms with Crippen molar-refractivity contribution >= 4 is 11.7 Å². The summed E-state index contributed by atoms with van der Waals surface area (Å²) in [6.45, 7) is 7.35. The monoisotopic (exact) mass is 330 g/mol. The quantitative estimate of drug-likeness (QED) is 0.730. The molecule has 0 aliphatic carbocycles. The molecule has 24 heavy (non-hydrogen) atoms. The van der Waals surface area contributed by atoms with Crippen LogP contribution in [0.15, 0.2) is 30.3 Å². The van der Waals surface area contributed by atoms with Crippen LogP contribution in [0.3, 0.4) is 0 Å². The second kappa shape index (κ2) is 8.49. The Labute approximate surface area is 142 Å². The molecule has 1 heterocycles. The van der Waals surface area contributed by atoms with E-state index in [-0.39, 0.29) is 18.6 Å². The van der Waals surface area contributed by atoms with Crippen molar-refractivity contribution in [3.63, 3.8) is 0 Å². The number of hydrogen-bond acceptors (Lipinski definition) is 3. The first-order chi connectivity index (χ1) is 11.5. The van der Waals surface area contributed by atoms with Crippen LogP contribution in [-0.2, 0) is 6.54 Å². The lowest BCUT2D eigenvalue weighted by Crippen LogP contribution is -2.32. The Hall–Kier alpha value is -2.34. The zero-order chi connectivity index (χ0) is 17.5. The van der Waals surface area contributed by atoms with Crippen LogP contribution in [0, 0.1) is 19.8 Å². The number of aliphatic hydroxyl groups is 1. The summed E-state index contributed by atoms with van der Waals surface area (Å²) in [7, 11) is 0. The molecule has 0 fully saturated rings. The molecule has 0 radical (unpaired) electrons. The van der Waals surface area contributed by atoms with E-state index in [2.05, 4.69) is 15.7 Å². The van der Waals surface area contributed by atoms with Gasteiger partial charge in [-0.25, -0.2) is 4.79 Å². The van der Waals surface area contributed by atoms with Gasteiger partial charge in [-0.3, -0.25) is 4.68 Å². The molecule has 3 N–H and O–H groups in total. The molecule has 0 bridgehead atoms. The van der Waals surface area contributed by atoms with Crippen molar-refractivity contribution in [2.45, 2.75) is 33.7 Å². The van der Waals surface area contributed by atoms with Gasteiger partial charge in [-0.2, -0.15) is 5.10 Å². The highest BCUT2D eigenvalue weighted by atomic mass is 16.3. The minimum Gasteiger partial charge on any atom is -0.396 e. The van der Waals surface area contributed by atoms with Gasteiger partial charge >= 0.3 is 6.03 Å². The number of hydrogen-bond donors (Lipinski definition) is 3. The van der Waals surface area contributed by atoms with Crippen molar-refractivity contribution in [1.29, 1.82) is 0 Å². The van der Waals surface area contributed by atoms with Crippen LogP contribution in [0.5, 0.6) is 0 Å². The van der Waals surface area contributed by atoms with Gasteiger partial charge in [0.2, 0.25) is 0 Å². The number of urea groups is 1. The maximum Gasteiger partial charge on any atom is 0.319 e. The lowest BCUT2D eigenvalue weighted by Gasteiger charge is -2.13. The average Bonchev–Trinajstić information content (AvgIpc) is 2.83. The predicted octanol–water partition coefficient (Wildman–Crippen LogP) is 2.69. The Morgan fingerprint density at radius 3 is 2.79 bits per heavy atom. The van der Waals surface area contributed by atoms with E-state index in [1.54, 1.807) is 0 Å². The number of amides is 2. The molecular formula is C18H26N4O2. The minimum atomic E-state index is -0.233. The maximum absolute atomic E-state index is 11.9. The van der Waals surface area contributed by atoms with E-state index in [1.165, 1.54) is 0 Å². The largest absolute Gasteiger partial charge is 0.396 e. The number of aryl methyl sites for hydroxylation is 2. The van der Waals surface area contributed by atoms with E-state index in [9.17, 15) is 4.79 Å². The summed E-state index contributed by atoms with van der Waals surface area (Å²) in [6, 6.07) is 9.56. The predicted molar refractivity (Wildman–Crippen MR) is 95.1 cm³/mol. The SMILES string of the molecule is Cc1cc(C)n(Cc2cccc(NC(=O)NC[C@@H](C)CCO)c2)n1. The standard InChI is InChI=1S/C18H26N4O2/c1-13(7-8-23)11-19-18(24)20-17-6-4-5-16(10-17)12-22-15(3)9-14(2)21-22/h4-6,9-10,13,23H,7-8,11-12H2,1-3H3,(H2,19,20,24)/t13-/m0/s1. The number of carbonyl (C=O) groups is 1. The lowest BCUT2D eigenvalue weighted by atomic mass is 10.1. The summed E-state index contributed by atoms with van der Waals surface area (Å²) in [5.41, 5.74) is 3.94. The van der Waals surface area contributed by atoms with Gasteiger partial charge in [-0.05, 0) is 49.9 Å². The van der Waals surface area contributed by atoms with Crippen LogP contribution in [0.25, 0.3) is 0 Å². The summed E-state index contributed by atoms with van der Waals surface area (Å²) in [4.78, 5) is 11.9. The summed E-state index contributed by atoms with van der Waals surface area (Å²) < 4.78 is 1.95. The Bertz CT molecular complexity index is 681. The van der Waals surface area contributed by atoms with Gasteiger partial charge in [0, 0.05) is 24.5 Å². The van der Waals surface area contributed by atoms with Gasteiger partial charge in [0.1, 0.15) is 0 Å². The summed E-state index contributed by atoms with van der Waals surface area (Å²) in [5.74, 6) is 0.248. The fourth-order valence-corrected chi connectivity index (χ4v) is 2.52.